The maximum Gasteiger partial charge on any atom is 0.257 e. The molecular formula is C19H20FN3O3. The lowest BCUT2D eigenvalue weighted by Crippen LogP contribution is -2.45. The van der Waals surface area contributed by atoms with E-state index in [1.807, 2.05) is 12.1 Å². The van der Waals surface area contributed by atoms with Crippen molar-refractivity contribution in [3.63, 3.8) is 0 Å². The monoisotopic (exact) mass is 357 g/mol. The second-order valence-corrected chi connectivity index (χ2v) is 6.09. The van der Waals surface area contributed by atoms with E-state index < -0.39 is 0 Å². The molecule has 2 unspecified atom stereocenters. The van der Waals surface area contributed by atoms with Crippen molar-refractivity contribution in [2.75, 3.05) is 19.0 Å². The number of ether oxygens (including phenoxy) is 1. The van der Waals surface area contributed by atoms with Crippen LogP contribution in [0.4, 0.5) is 10.1 Å². The van der Waals surface area contributed by atoms with Crippen molar-refractivity contribution >= 4 is 17.5 Å². The van der Waals surface area contributed by atoms with Crippen LogP contribution >= 0.6 is 0 Å². The van der Waals surface area contributed by atoms with E-state index >= 15 is 0 Å². The maximum atomic E-state index is 12.9. The summed E-state index contributed by atoms with van der Waals surface area (Å²) in [6.45, 7) is -0.00723. The Morgan fingerprint density at radius 1 is 1.12 bits per heavy atom. The lowest BCUT2D eigenvalue weighted by molar-refractivity contribution is -0.128. The molecule has 0 aromatic heterocycles. The largest absolute Gasteiger partial charge is 0.495 e. The Kier molecular flexibility index (Phi) is 5.36. The van der Waals surface area contributed by atoms with Crippen LogP contribution in [0.15, 0.2) is 48.5 Å². The van der Waals surface area contributed by atoms with Crippen molar-refractivity contribution in [1.29, 1.82) is 0 Å². The molecular weight excluding hydrogens is 337 g/mol. The predicted octanol–water partition coefficient (Wildman–Crippen LogP) is 2.20. The molecule has 0 bridgehead atoms. The van der Waals surface area contributed by atoms with Gasteiger partial charge in [0.25, 0.3) is 5.91 Å². The molecule has 1 aliphatic rings. The van der Waals surface area contributed by atoms with Gasteiger partial charge in [-0.2, -0.15) is 0 Å². The molecule has 2 aromatic rings. The number of amides is 2. The fourth-order valence-electron chi connectivity index (χ4n) is 2.80. The molecule has 0 radical (unpaired) electrons. The number of rotatable bonds is 6. The van der Waals surface area contributed by atoms with E-state index in [4.69, 9.17) is 4.74 Å². The highest BCUT2D eigenvalue weighted by Crippen LogP contribution is 2.47. The quantitative estimate of drug-likeness (QED) is 0.693. The summed E-state index contributed by atoms with van der Waals surface area (Å²) < 4.78 is 18.1. The van der Waals surface area contributed by atoms with Crippen LogP contribution in [0, 0.1) is 11.7 Å². The summed E-state index contributed by atoms with van der Waals surface area (Å²) in [6, 6.07) is 13.4. The Balaban J connectivity index is 1.42. The van der Waals surface area contributed by atoms with Crippen molar-refractivity contribution in [1.82, 2.24) is 10.9 Å². The first kappa shape index (κ1) is 17.7. The van der Waals surface area contributed by atoms with Gasteiger partial charge in [-0.3, -0.25) is 20.4 Å². The van der Waals surface area contributed by atoms with Gasteiger partial charge in [0.15, 0.2) is 0 Å². The zero-order chi connectivity index (χ0) is 18.5. The van der Waals surface area contributed by atoms with E-state index in [9.17, 15) is 14.0 Å². The maximum absolute atomic E-state index is 12.9. The molecule has 1 fully saturated rings. The number of anilines is 1. The summed E-state index contributed by atoms with van der Waals surface area (Å²) in [5.74, 6) is -0.426. The molecule has 6 nitrogen and oxygen atoms in total. The fourth-order valence-corrected chi connectivity index (χ4v) is 2.80. The van der Waals surface area contributed by atoms with Crippen LogP contribution in [0.3, 0.4) is 0 Å². The van der Waals surface area contributed by atoms with Crippen LogP contribution in [0.1, 0.15) is 17.9 Å². The molecule has 1 aliphatic carbocycles. The number of hydrazine groups is 1. The van der Waals surface area contributed by atoms with Gasteiger partial charge in [0, 0.05) is 5.92 Å². The van der Waals surface area contributed by atoms with Crippen LogP contribution in [0.5, 0.6) is 5.75 Å². The van der Waals surface area contributed by atoms with E-state index in [0.29, 0.717) is 17.9 Å². The molecule has 0 aliphatic heterocycles. The molecule has 0 saturated heterocycles. The standard InChI is InChI=1S/C19H20FN3O3/c1-26-17-5-3-2-4-16(17)21-11-18(24)22-23-19(25)15-10-14(15)12-6-8-13(20)9-7-12/h2-9,14-15,21H,10-11H2,1H3,(H,22,24)(H,23,25). The van der Waals surface area contributed by atoms with Crippen LogP contribution < -0.4 is 20.9 Å². The van der Waals surface area contributed by atoms with Gasteiger partial charge in [0.05, 0.1) is 19.3 Å². The second-order valence-electron chi connectivity index (χ2n) is 6.09. The third-order valence-electron chi connectivity index (χ3n) is 4.30. The number of para-hydroxylation sites is 2. The number of carbonyl (C=O) groups is 2. The summed E-state index contributed by atoms with van der Waals surface area (Å²) in [5.41, 5.74) is 6.44. The number of benzene rings is 2. The smallest absolute Gasteiger partial charge is 0.257 e. The van der Waals surface area contributed by atoms with Crippen molar-refractivity contribution in [3.05, 3.63) is 59.9 Å². The Morgan fingerprint density at radius 2 is 1.85 bits per heavy atom. The first-order valence-electron chi connectivity index (χ1n) is 8.29. The number of halogens is 1. The molecule has 1 saturated carbocycles. The minimum absolute atomic E-state index is 0.00723. The molecule has 2 amide bonds. The third-order valence-corrected chi connectivity index (χ3v) is 4.30. The highest BCUT2D eigenvalue weighted by Gasteiger charge is 2.44. The van der Waals surface area contributed by atoms with E-state index in [0.717, 1.165) is 5.56 Å². The third kappa shape index (κ3) is 4.30. The lowest BCUT2D eigenvalue weighted by atomic mass is 10.1. The van der Waals surface area contributed by atoms with Gasteiger partial charge < -0.3 is 10.1 Å². The lowest BCUT2D eigenvalue weighted by Gasteiger charge is -2.11. The molecule has 2 atom stereocenters. The zero-order valence-corrected chi connectivity index (χ0v) is 14.3. The molecule has 2 aromatic carbocycles. The average Bonchev–Trinajstić information content (AvgIpc) is 3.46. The highest BCUT2D eigenvalue weighted by atomic mass is 19.1. The highest BCUT2D eigenvalue weighted by molar-refractivity contribution is 5.87. The normalized spacial score (nSPS) is 17.9. The Hall–Kier alpha value is -3.09. The van der Waals surface area contributed by atoms with Crippen LogP contribution in [0.2, 0.25) is 0 Å². The SMILES string of the molecule is COc1ccccc1NCC(=O)NNC(=O)C1CC1c1ccc(F)cc1. The van der Waals surface area contributed by atoms with E-state index in [2.05, 4.69) is 16.2 Å². The van der Waals surface area contributed by atoms with E-state index in [-0.39, 0.29) is 36.0 Å². The summed E-state index contributed by atoms with van der Waals surface area (Å²) in [4.78, 5) is 24.0. The second kappa shape index (κ2) is 7.86. The topological polar surface area (TPSA) is 79.5 Å². The zero-order valence-electron chi connectivity index (χ0n) is 14.3. The molecule has 0 heterocycles. The van der Waals surface area contributed by atoms with Gasteiger partial charge in [0.1, 0.15) is 11.6 Å². The molecule has 7 heteroatoms. The van der Waals surface area contributed by atoms with Crippen LogP contribution in [-0.2, 0) is 9.59 Å². The summed E-state index contributed by atoms with van der Waals surface area (Å²) in [6.07, 6.45) is 0.687. The van der Waals surface area contributed by atoms with Crippen molar-refractivity contribution in [2.24, 2.45) is 5.92 Å². The molecule has 26 heavy (non-hydrogen) atoms. The number of hydrogen-bond donors (Lipinski definition) is 3. The minimum atomic E-state index is -0.372. The van der Waals surface area contributed by atoms with E-state index in [1.54, 1.807) is 31.4 Å². The Morgan fingerprint density at radius 3 is 2.58 bits per heavy atom. The van der Waals surface area contributed by atoms with Crippen molar-refractivity contribution < 1.29 is 18.7 Å². The average molecular weight is 357 g/mol. The molecule has 136 valence electrons. The first-order valence-corrected chi connectivity index (χ1v) is 8.29. The Bertz CT molecular complexity index is 795. The van der Waals surface area contributed by atoms with Crippen LogP contribution in [0.25, 0.3) is 0 Å². The Labute approximate surface area is 150 Å². The number of nitrogens with one attached hydrogen (secondary N) is 3. The number of methoxy groups -OCH3 is 1. The van der Waals surface area contributed by atoms with Crippen molar-refractivity contribution in [3.8, 4) is 5.75 Å². The number of hydrogen-bond acceptors (Lipinski definition) is 4. The number of carbonyl (C=O) groups excluding carboxylic acids is 2. The van der Waals surface area contributed by atoms with Crippen LogP contribution in [-0.4, -0.2) is 25.5 Å². The van der Waals surface area contributed by atoms with Crippen molar-refractivity contribution in [2.45, 2.75) is 12.3 Å². The molecule has 3 N–H and O–H groups in total. The molecule has 3 rings (SSSR count). The summed E-state index contributed by atoms with van der Waals surface area (Å²) in [5, 5.41) is 2.95. The predicted molar refractivity (Wildman–Crippen MR) is 95.0 cm³/mol. The summed E-state index contributed by atoms with van der Waals surface area (Å²) in [7, 11) is 1.55. The molecule has 0 spiro atoms. The first-order chi connectivity index (χ1) is 12.6. The van der Waals surface area contributed by atoms with Gasteiger partial charge in [-0.25, -0.2) is 4.39 Å². The van der Waals surface area contributed by atoms with Gasteiger partial charge in [-0.15, -0.1) is 0 Å². The summed E-state index contributed by atoms with van der Waals surface area (Å²) >= 11 is 0. The minimum Gasteiger partial charge on any atom is -0.495 e. The van der Waals surface area contributed by atoms with E-state index in [1.165, 1.54) is 12.1 Å². The van der Waals surface area contributed by atoms with Gasteiger partial charge in [-0.1, -0.05) is 24.3 Å². The van der Waals surface area contributed by atoms with Gasteiger partial charge in [0.2, 0.25) is 5.91 Å². The van der Waals surface area contributed by atoms with Gasteiger partial charge in [-0.05, 0) is 42.2 Å². The van der Waals surface area contributed by atoms with Gasteiger partial charge >= 0.3 is 0 Å². The fraction of sp³-hybridized carbons (Fsp3) is 0.263.